The van der Waals surface area contributed by atoms with Crippen LogP contribution in [0.25, 0.3) is 0 Å². The molecule has 0 fully saturated rings. The van der Waals surface area contributed by atoms with E-state index in [1.54, 1.807) is 23.9 Å². The van der Waals surface area contributed by atoms with Gasteiger partial charge in [0.15, 0.2) is 0 Å². The lowest BCUT2D eigenvalue weighted by atomic mass is 10.1. The van der Waals surface area contributed by atoms with E-state index >= 15 is 0 Å². The van der Waals surface area contributed by atoms with E-state index in [4.69, 9.17) is 5.11 Å². The van der Waals surface area contributed by atoms with E-state index in [2.05, 4.69) is 11.6 Å². The van der Waals surface area contributed by atoms with Gasteiger partial charge < -0.3 is 5.11 Å². The Morgan fingerprint density at radius 3 is 2.76 bits per heavy atom. The summed E-state index contributed by atoms with van der Waals surface area (Å²) in [5.41, 5.74) is 0.563. The van der Waals surface area contributed by atoms with Crippen molar-refractivity contribution >= 4 is 27.8 Å². The number of hydrogen-bond donors (Lipinski definition) is 2. The van der Waals surface area contributed by atoms with Crippen LogP contribution in [-0.4, -0.2) is 37.0 Å². The Labute approximate surface area is 130 Å². The van der Waals surface area contributed by atoms with E-state index in [9.17, 15) is 13.2 Å². The standard InChI is InChI=1S/C14H21NO4S2/c1-3-20-8-7-11(2)15-21(18,19)10-12-5-4-6-13(9-12)14(16)17/h4-6,9,11,15H,3,7-8,10H2,1-2H3,(H,16,17). The Hall–Kier alpha value is -1.05. The molecule has 21 heavy (non-hydrogen) atoms. The predicted molar refractivity (Wildman–Crippen MR) is 86.2 cm³/mol. The largest absolute Gasteiger partial charge is 0.478 e. The molecular formula is C14H21NO4S2. The van der Waals surface area contributed by atoms with Gasteiger partial charge in [-0.3, -0.25) is 0 Å². The molecule has 1 aromatic rings. The van der Waals surface area contributed by atoms with Crippen molar-refractivity contribution in [2.45, 2.75) is 32.1 Å². The highest BCUT2D eigenvalue weighted by Gasteiger charge is 2.16. The Bertz CT molecular complexity index is 572. The molecule has 0 spiro atoms. The van der Waals surface area contributed by atoms with Gasteiger partial charge in [-0.15, -0.1) is 0 Å². The molecule has 1 rings (SSSR count). The van der Waals surface area contributed by atoms with Crippen molar-refractivity contribution in [1.29, 1.82) is 0 Å². The highest BCUT2D eigenvalue weighted by molar-refractivity contribution is 7.99. The molecule has 1 aromatic carbocycles. The van der Waals surface area contributed by atoms with Gasteiger partial charge in [0.25, 0.3) is 0 Å². The molecule has 0 amide bonds. The van der Waals surface area contributed by atoms with E-state index in [0.29, 0.717) is 5.56 Å². The average Bonchev–Trinajstić information content (AvgIpc) is 2.38. The van der Waals surface area contributed by atoms with Crippen molar-refractivity contribution < 1.29 is 18.3 Å². The van der Waals surface area contributed by atoms with Gasteiger partial charge in [-0.2, -0.15) is 11.8 Å². The first-order chi connectivity index (χ1) is 9.84. The molecule has 0 heterocycles. The molecule has 5 nitrogen and oxygen atoms in total. The minimum Gasteiger partial charge on any atom is -0.478 e. The zero-order chi connectivity index (χ0) is 15.9. The van der Waals surface area contributed by atoms with Crippen LogP contribution in [0.3, 0.4) is 0 Å². The summed E-state index contributed by atoms with van der Waals surface area (Å²) in [6.45, 7) is 3.90. The Morgan fingerprint density at radius 2 is 2.14 bits per heavy atom. The third-order valence-corrected chi connectivity index (χ3v) is 5.22. The van der Waals surface area contributed by atoms with Crippen LogP contribution >= 0.6 is 11.8 Å². The number of sulfonamides is 1. The van der Waals surface area contributed by atoms with Gasteiger partial charge >= 0.3 is 5.97 Å². The van der Waals surface area contributed by atoms with Gasteiger partial charge in [0.2, 0.25) is 10.0 Å². The second kappa shape index (κ2) is 8.41. The zero-order valence-electron chi connectivity index (χ0n) is 12.2. The Balaban J connectivity index is 2.63. The average molecular weight is 331 g/mol. The molecule has 7 heteroatoms. The maximum absolute atomic E-state index is 12.1. The SMILES string of the molecule is CCSCCC(C)NS(=O)(=O)Cc1cccc(C(=O)O)c1. The molecule has 1 unspecified atom stereocenters. The van der Waals surface area contributed by atoms with Crippen molar-refractivity contribution in [3.05, 3.63) is 35.4 Å². The predicted octanol–water partition coefficient (Wildman–Crippen LogP) is 2.34. The number of nitrogens with one attached hydrogen (secondary N) is 1. The van der Waals surface area contributed by atoms with Crippen molar-refractivity contribution in [1.82, 2.24) is 4.72 Å². The van der Waals surface area contributed by atoms with Crippen LogP contribution < -0.4 is 4.72 Å². The molecule has 0 bridgehead atoms. The van der Waals surface area contributed by atoms with E-state index < -0.39 is 16.0 Å². The highest BCUT2D eigenvalue weighted by atomic mass is 32.2. The summed E-state index contributed by atoms with van der Waals surface area (Å²) in [5, 5.41) is 8.91. The summed E-state index contributed by atoms with van der Waals surface area (Å²) in [6, 6.07) is 5.87. The summed E-state index contributed by atoms with van der Waals surface area (Å²) in [6.07, 6.45) is 0.771. The van der Waals surface area contributed by atoms with Gasteiger partial charge in [-0.1, -0.05) is 19.1 Å². The smallest absolute Gasteiger partial charge is 0.335 e. The Morgan fingerprint density at radius 1 is 1.43 bits per heavy atom. The van der Waals surface area contributed by atoms with E-state index in [0.717, 1.165) is 17.9 Å². The van der Waals surface area contributed by atoms with E-state index in [1.165, 1.54) is 12.1 Å². The minimum absolute atomic E-state index is 0.0927. The van der Waals surface area contributed by atoms with Crippen LogP contribution in [0.2, 0.25) is 0 Å². The lowest BCUT2D eigenvalue weighted by Crippen LogP contribution is -2.34. The minimum atomic E-state index is -3.47. The van der Waals surface area contributed by atoms with E-state index in [1.807, 2.05) is 6.92 Å². The lowest BCUT2D eigenvalue weighted by Gasteiger charge is -2.14. The molecule has 0 saturated heterocycles. The molecule has 118 valence electrons. The van der Waals surface area contributed by atoms with Crippen LogP contribution in [0, 0.1) is 0 Å². The van der Waals surface area contributed by atoms with Gasteiger partial charge in [-0.05, 0) is 42.5 Å². The summed E-state index contributed by atoms with van der Waals surface area (Å²) in [7, 11) is -3.47. The number of hydrogen-bond acceptors (Lipinski definition) is 4. The van der Waals surface area contributed by atoms with Crippen molar-refractivity contribution in [3.63, 3.8) is 0 Å². The van der Waals surface area contributed by atoms with Crippen molar-refractivity contribution in [3.8, 4) is 0 Å². The van der Waals surface area contributed by atoms with Crippen LogP contribution in [0.15, 0.2) is 24.3 Å². The fourth-order valence-corrected chi connectivity index (χ4v) is 4.07. The number of carboxylic acid groups (broad SMARTS) is 1. The van der Waals surface area contributed by atoms with Gasteiger partial charge in [0.1, 0.15) is 0 Å². The molecule has 0 aromatic heterocycles. The van der Waals surface area contributed by atoms with Gasteiger partial charge in [0, 0.05) is 6.04 Å². The third kappa shape index (κ3) is 6.97. The van der Waals surface area contributed by atoms with Crippen LogP contribution in [0.5, 0.6) is 0 Å². The van der Waals surface area contributed by atoms with Crippen LogP contribution in [0.4, 0.5) is 0 Å². The summed E-state index contributed by atoms with van der Waals surface area (Å²) in [4.78, 5) is 10.9. The molecule has 0 aliphatic rings. The van der Waals surface area contributed by atoms with Crippen LogP contribution in [-0.2, 0) is 15.8 Å². The van der Waals surface area contributed by atoms with Crippen LogP contribution in [0.1, 0.15) is 36.2 Å². The maximum Gasteiger partial charge on any atom is 0.335 e. The second-order valence-corrected chi connectivity index (χ2v) is 7.92. The summed E-state index contributed by atoms with van der Waals surface area (Å²) >= 11 is 1.77. The lowest BCUT2D eigenvalue weighted by molar-refractivity contribution is 0.0696. The number of aromatic carboxylic acids is 1. The van der Waals surface area contributed by atoms with Crippen molar-refractivity contribution in [2.24, 2.45) is 0 Å². The molecule has 0 aliphatic heterocycles. The topological polar surface area (TPSA) is 83.5 Å². The normalized spacial score (nSPS) is 13.0. The number of carboxylic acids is 1. The first-order valence-electron chi connectivity index (χ1n) is 6.74. The number of rotatable bonds is 9. The first-order valence-corrected chi connectivity index (χ1v) is 9.54. The molecule has 0 saturated carbocycles. The fraction of sp³-hybridized carbons (Fsp3) is 0.500. The first kappa shape index (κ1) is 18.0. The zero-order valence-corrected chi connectivity index (χ0v) is 13.8. The van der Waals surface area contributed by atoms with Gasteiger partial charge in [0.05, 0.1) is 11.3 Å². The summed E-state index contributed by atoms with van der Waals surface area (Å²) in [5.74, 6) is 0.655. The summed E-state index contributed by atoms with van der Waals surface area (Å²) < 4.78 is 26.7. The van der Waals surface area contributed by atoms with E-state index in [-0.39, 0.29) is 17.4 Å². The second-order valence-electron chi connectivity index (χ2n) is 4.77. The fourth-order valence-electron chi connectivity index (χ4n) is 1.83. The molecule has 0 aliphatic carbocycles. The Kier molecular flexibility index (Phi) is 7.21. The quantitative estimate of drug-likeness (QED) is 0.679. The molecular weight excluding hydrogens is 310 g/mol. The highest BCUT2D eigenvalue weighted by Crippen LogP contribution is 2.10. The van der Waals surface area contributed by atoms with Crippen molar-refractivity contribution in [2.75, 3.05) is 11.5 Å². The molecule has 0 radical (unpaired) electrons. The number of thioether (sulfide) groups is 1. The maximum atomic E-state index is 12.1. The number of benzene rings is 1. The monoisotopic (exact) mass is 331 g/mol. The molecule has 1 atom stereocenters. The molecule has 2 N–H and O–H groups in total. The number of carbonyl (C=O) groups is 1. The van der Waals surface area contributed by atoms with Gasteiger partial charge in [-0.25, -0.2) is 17.9 Å². The third-order valence-electron chi connectivity index (χ3n) is 2.81.